The molecule has 1 saturated heterocycles. The van der Waals surface area contributed by atoms with Crippen LogP contribution in [0.5, 0.6) is 0 Å². The van der Waals surface area contributed by atoms with E-state index in [1.807, 2.05) is 37.3 Å². The number of alkyl halides is 3. The number of rotatable bonds is 6. The number of benzene rings is 2. The molecule has 182 valence electrons. The molecule has 0 radical (unpaired) electrons. The largest absolute Gasteiger partial charge is 0.419 e. The van der Waals surface area contributed by atoms with Crippen LogP contribution in [-0.2, 0) is 19.3 Å². The predicted octanol–water partition coefficient (Wildman–Crippen LogP) is 5.04. The fourth-order valence-corrected chi connectivity index (χ4v) is 4.24. The van der Waals surface area contributed by atoms with Gasteiger partial charge < -0.3 is 8.94 Å². The van der Waals surface area contributed by atoms with E-state index in [0.29, 0.717) is 47.5 Å². The van der Waals surface area contributed by atoms with Crippen molar-refractivity contribution in [1.82, 2.24) is 25.2 Å². The molecule has 0 aliphatic carbocycles. The van der Waals surface area contributed by atoms with Gasteiger partial charge in [-0.15, -0.1) is 10.2 Å². The van der Waals surface area contributed by atoms with Gasteiger partial charge in [-0.3, -0.25) is 9.80 Å². The van der Waals surface area contributed by atoms with Crippen molar-refractivity contribution < 1.29 is 22.1 Å². The molecular formula is C25H24F3N5O2. The van der Waals surface area contributed by atoms with Gasteiger partial charge >= 0.3 is 6.18 Å². The summed E-state index contributed by atoms with van der Waals surface area (Å²) in [6.07, 6.45) is -4.33. The van der Waals surface area contributed by atoms with Gasteiger partial charge in [0, 0.05) is 38.3 Å². The van der Waals surface area contributed by atoms with Crippen LogP contribution in [0.4, 0.5) is 13.2 Å². The molecule has 2 aromatic carbocycles. The Morgan fingerprint density at radius 3 is 2.31 bits per heavy atom. The van der Waals surface area contributed by atoms with E-state index in [2.05, 4.69) is 25.2 Å². The summed E-state index contributed by atoms with van der Waals surface area (Å²) in [5, 5.41) is 12.6. The van der Waals surface area contributed by atoms with Crippen molar-refractivity contribution in [3.05, 3.63) is 77.4 Å². The van der Waals surface area contributed by atoms with E-state index in [-0.39, 0.29) is 0 Å². The Balaban J connectivity index is 1.20. The van der Waals surface area contributed by atoms with Gasteiger partial charge in [0.15, 0.2) is 0 Å². The molecule has 1 fully saturated rings. The fourth-order valence-electron chi connectivity index (χ4n) is 4.24. The highest BCUT2D eigenvalue weighted by Crippen LogP contribution is 2.33. The normalized spacial score (nSPS) is 15.5. The molecule has 0 saturated carbocycles. The molecule has 0 unspecified atom stereocenters. The standard InChI is InChI=1S/C25H24F3N5O2/c1-17-22(23(31-35-17)19-7-3-2-4-8-19)24-30-29-21(34-24)16-33-12-10-32(11-13-33)15-18-6-5-9-20(14-18)25(26,27)28/h2-9,14H,10-13,15-16H2,1H3. The lowest BCUT2D eigenvalue weighted by molar-refractivity contribution is -0.137. The third kappa shape index (κ3) is 5.28. The van der Waals surface area contributed by atoms with E-state index in [1.165, 1.54) is 12.1 Å². The van der Waals surface area contributed by atoms with Crippen LogP contribution in [0.15, 0.2) is 63.5 Å². The summed E-state index contributed by atoms with van der Waals surface area (Å²) in [5.74, 6) is 1.45. The molecule has 0 spiro atoms. The van der Waals surface area contributed by atoms with Crippen LogP contribution in [0.1, 0.15) is 22.8 Å². The molecule has 0 N–H and O–H groups in total. The lowest BCUT2D eigenvalue weighted by Crippen LogP contribution is -2.45. The van der Waals surface area contributed by atoms with Crippen LogP contribution in [0.25, 0.3) is 22.7 Å². The van der Waals surface area contributed by atoms with Gasteiger partial charge in [-0.2, -0.15) is 13.2 Å². The maximum Gasteiger partial charge on any atom is 0.416 e. The number of aromatic nitrogens is 3. The Morgan fingerprint density at radius 2 is 1.60 bits per heavy atom. The zero-order chi connectivity index (χ0) is 24.4. The monoisotopic (exact) mass is 483 g/mol. The van der Waals surface area contributed by atoms with Gasteiger partial charge in [-0.1, -0.05) is 53.7 Å². The SMILES string of the molecule is Cc1onc(-c2ccccc2)c1-c1nnc(CN2CCN(Cc3cccc(C(F)(F)F)c3)CC2)o1. The quantitative estimate of drug-likeness (QED) is 0.381. The van der Waals surface area contributed by atoms with Gasteiger partial charge in [0.1, 0.15) is 17.0 Å². The summed E-state index contributed by atoms with van der Waals surface area (Å²) in [4.78, 5) is 4.34. The fraction of sp³-hybridized carbons (Fsp3) is 0.320. The van der Waals surface area contributed by atoms with E-state index in [1.54, 1.807) is 6.07 Å². The zero-order valence-corrected chi connectivity index (χ0v) is 19.1. The summed E-state index contributed by atoms with van der Waals surface area (Å²) in [6, 6.07) is 15.2. The molecular weight excluding hydrogens is 459 g/mol. The third-order valence-electron chi connectivity index (χ3n) is 6.07. The van der Waals surface area contributed by atoms with Crippen molar-refractivity contribution in [1.29, 1.82) is 0 Å². The molecule has 3 heterocycles. The summed E-state index contributed by atoms with van der Waals surface area (Å²) >= 11 is 0. The molecule has 2 aromatic heterocycles. The third-order valence-corrected chi connectivity index (χ3v) is 6.07. The maximum absolute atomic E-state index is 13.0. The molecule has 0 atom stereocenters. The Kier molecular flexibility index (Phi) is 6.40. The van der Waals surface area contributed by atoms with Crippen molar-refractivity contribution in [2.75, 3.05) is 26.2 Å². The Hall–Kier alpha value is -3.50. The van der Waals surface area contributed by atoms with Gasteiger partial charge in [-0.25, -0.2) is 0 Å². The Morgan fingerprint density at radius 1 is 0.886 bits per heavy atom. The zero-order valence-electron chi connectivity index (χ0n) is 19.1. The number of hydrogen-bond acceptors (Lipinski definition) is 7. The van der Waals surface area contributed by atoms with E-state index >= 15 is 0 Å². The molecule has 7 nitrogen and oxygen atoms in total. The highest BCUT2D eigenvalue weighted by molar-refractivity contribution is 5.77. The molecule has 0 bridgehead atoms. The van der Waals surface area contributed by atoms with Crippen LogP contribution < -0.4 is 0 Å². The van der Waals surface area contributed by atoms with Crippen molar-refractivity contribution in [2.45, 2.75) is 26.2 Å². The summed E-state index contributed by atoms with van der Waals surface area (Å²) in [7, 11) is 0. The number of nitrogens with zero attached hydrogens (tertiary/aromatic N) is 5. The van der Waals surface area contributed by atoms with Crippen LogP contribution in [0, 0.1) is 6.92 Å². The first-order valence-electron chi connectivity index (χ1n) is 11.3. The van der Waals surface area contributed by atoms with Gasteiger partial charge in [0.05, 0.1) is 12.1 Å². The van der Waals surface area contributed by atoms with Crippen molar-refractivity contribution >= 4 is 0 Å². The average Bonchev–Trinajstić information content (AvgIpc) is 3.46. The molecule has 4 aromatic rings. The van der Waals surface area contributed by atoms with Crippen LogP contribution in [0.3, 0.4) is 0 Å². The minimum absolute atomic E-state index is 0.362. The van der Waals surface area contributed by atoms with E-state index in [0.717, 1.165) is 37.8 Å². The molecule has 1 aliphatic heterocycles. The maximum atomic E-state index is 13.0. The highest BCUT2D eigenvalue weighted by Gasteiger charge is 2.30. The Bertz CT molecular complexity index is 1280. The second-order valence-corrected chi connectivity index (χ2v) is 8.58. The predicted molar refractivity (Wildman–Crippen MR) is 122 cm³/mol. The first-order valence-corrected chi connectivity index (χ1v) is 11.3. The molecule has 10 heteroatoms. The van der Waals surface area contributed by atoms with Crippen LogP contribution >= 0.6 is 0 Å². The first-order chi connectivity index (χ1) is 16.9. The Labute approximate surface area is 200 Å². The lowest BCUT2D eigenvalue weighted by atomic mass is 10.1. The van der Waals surface area contributed by atoms with E-state index < -0.39 is 11.7 Å². The van der Waals surface area contributed by atoms with Crippen molar-refractivity contribution in [3.8, 4) is 22.7 Å². The minimum atomic E-state index is -4.33. The molecule has 1 aliphatic rings. The number of aryl methyl sites for hydroxylation is 1. The van der Waals surface area contributed by atoms with Crippen molar-refractivity contribution in [2.24, 2.45) is 0 Å². The van der Waals surface area contributed by atoms with Crippen LogP contribution in [0.2, 0.25) is 0 Å². The number of halogens is 3. The van der Waals surface area contributed by atoms with Gasteiger partial charge in [0.25, 0.3) is 5.89 Å². The average molecular weight is 483 g/mol. The number of piperazine rings is 1. The summed E-state index contributed by atoms with van der Waals surface area (Å²) in [5.41, 5.74) is 2.28. The van der Waals surface area contributed by atoms with Gasteiger partial charge in [0.2, 0.25) is 5.89 Å². The molecule has 5 rings (SSSR count). The van der Waals surface area contributed by atoms with E-state index in [9.17, 15) is 13.2 Å². The first kappa shape index (κ1) is 23.3. The number of hydrogen-bond donors (Lipinski definition) is 0. The van der Waals surface area contributed by atoms with E-state index in [4.69, 9.17) is 8.94 Å². The van der Waals surface area contributed by atoms with Crippen molar-refractivity contribution in [3.63, 3.8) is 0 Å². The molecule has 0 amide bonds. The summed E-state index contributed by atoms with van der Waals surface area (Å²) < 4.78 is 50.3. The summed E-state index contributed by atoms with van der Waals surface area (Å²) in [6.45, 7) is 5.76. The smallest absolute Gasteiger partial charge is 0.416 e. The lowest BCUT2D eigenvalue weighted by Gasteiger charge is -2.34. The topological polar surface area (TPSA) is 71.4 Å². The molecule has 35 heavy (non-hydrogen) atoms. The highest BCUT2D eigenvalue weighted by atomic mass is 19.4. The minimum Gasteiger partial charge on any atom is -0.419 e. The second kappa shape index (κ2) is 9.63. The van der Waals surface area contributed by atoms with Gasteiger partial charge in [-0.05, 0) is 18.6 Å². The van der Waals surface area contributed by atoms with Crippen LogP contribution in [-0.4, -0.2) is 51.3 Å². The second-order valence-electron chi connectivity index (χ2n) is 8.58.